The highest BCUT2D eigenvalue weighted by molar-refractivity contribution is 7.83. The Kier molecular flexibility index (Phi) is 4.52. The van der Waals surface area contributed by atoms with Gasteiger partial charge in [0.25, 0.3) is 0 Å². The lowest BCUT2D eigenvalue weighted by molar-refractivity contribution is -0.170. The van der Waals surface area contributed by atoms with Gasteiger partial charge in [0, 0.05) is 19.4 Å². The van der Waals surface area contributed by atoms with E-state index in [9.17, 15) is 8.42 Å². The lowest BCUT2D eigenvalue weighted by atomic mass is 10.0. The fourth-order valence-electron chi connectivity index (χ4n) is 3.29. The van der Waals surface area contributed by atoms with Gasteiger partial charge in [-0.3, -0.25) is 4.55 Å². The molecular formula is C15H21NO5S. The van der Waals surface area contributed by atoms with E-state index >= 15 is 0 Å². The van der Waals surface area contributed by atoms with Gasteiger partial charge in [0.1, 0.15) is 6.10 Å². The SMILES string of the molecule is O=S(=O)(O)NCC[C@H]1OC2(CCCC2)O[C@@H]1c1ccccc1. The molecule has 2 aliphatic rings. The fourth-order valence-corrected chi connectivity index (χ4v) is 3.66. The summed E-state index contributed by atoms with van der Waals surface area (Å²) < 4.78 is 44.8. The number of hydrogen-bond acceptors (Lipinski definition) is 4. The zero-order valence-corrected chi connectivity index (χ0v) is 13.1. The molecule has 6 nitrogen and oxygen atoms in total. The molecule has 0 bridgehead atoms. The quantitative estimate of drug-likeness (QED) is 0.810. The summed E-state index contributed by atoms with van der Waals surface area (Å²) in [6.07, 6.45) is 3.92. The molecule has 1 aromatic carbocycles. The summed E-state index contributed by atoms with van der Waals surface area (Å²) in [7, 11) is -4.17. The van der Waals surface area contributed by atoms with E-state index in [2.05, 4.69) is 4.72 Å². The van der Waals surface area contributed by atoms with Crippen molar-refractivity contribution in [3.05, 3.63) is 35.9 Å². The average Bonchev–Trinajstić information content (AvgIpc) is 3.07. The van der Waals surface area contributed by atoms with Crippen LogP contribution in [0.5, 0.6) is 0 Å². The molecule has 0 radical (unpaired) electrons. The second-order valence-corrected chi connectivity index (χ2v) is 7.12. The first-order chi connectivity index (χ1) is 10.5. The number of rotatable bonds is 5. The molecule has 1 aliphatic carbocycles. The molecule has 2 N–H and O–H groups in total. The highest BCUT2D eigenvalue weighted by atomic mass is 32.2. The lowest BCUT2D eigenvalue weighted by Gasteiger charge is -2.22. The molecule has 1 spiro atoms. The minimum Gasteiger partial charge on any atom is -0.344 e. The normalized spacial score (nSPS) is 27.5. The molecule has 0 unspecified atom stereocenters. The summed E-state index contributed by atoms with van der Waals surface area (Å²) >= 11 is 0. The van der Waals surface area contributed by atoms with Crippen molar-refractivity contribution in [3.63, 3.8) is 0 Å². The first-order valence-electron chi connectivity index (χ1n) is 7.60. The number of benzene rings is 1. The van der Waals surface area contributed by atoms with E-state index in [1.54, 1.807) is 0 Å². The van der Waals surface area contributed by atoms with Gasteiger partial charge in [-0.25, -0.2) is 0 Å². The number of nitrogens with one attached hydrogen (secondary N) is 1. The van der Waals surface area contributed by atoms with Crippen LogP contribution in [0.3, 0.4) is 0 Å². The third-order valence-electron chi connectivity index (χ3n) is 4.25. The van der Waals surface area contributed by atoms with Crippen molar-refractivity contribution in [2.45, 2.75) is 50.1 Å². The van der Waals surface area contributed by atoms with Crippen molar-refractivity contribution >= 4 is 10.3 Å². The van der Waals surface area contributed by atoms with E-state index in [1.807, 2.05) is 30.3 Å². The zero-order chi connectivity index (χ0) is 15.6. The van der Waals surface area contributed by atoms with Crippen LogP contribution >= 0.6 is 0 Å². The molecule has 1 saturated carbocycles. The molecule has 1 aromatic rings. The van der Waals surface area contributed by atoms with E-state index < -0.39 is 16.1 Å². The summed E-state index contributed by atoms with van der Waals surface area (Å²) in [5, 5.41) is 0. The molecule has 2 fully saturated rings. The first kappa shape index (κ1) is 15.9. The molecule has 7 heteroatoms. The molecule has 1 saturated heterocycles. The van der Waals surface area contributed by atoms with Crippen LogP contribution < -0.4 is 4.72 Å². The Hall–Kier alpha value is -0.990. The van der Waals surface area contributed by atoms with Crippen molar-refractivity contribution < 1.29 is 22.4 Å². The maximum atomic E-state index is 10.8. The van der Waals surface area contributed by atoms with Crippen LogP contribution in [-0.2, 0) is 19.8 Å². The second-order valence-electron chi connectivity index (χ2n) is 5.88. The maximum absolute atomic E-state index is 10.8. The Morgan fingerprint density at radius 2 is 1.86 bits per heavy atom. The molecule has 0 aromatic heterocycles. The van der Waals surface area contributed by atoms with Crippen molar-refractivity contribution in [3.8, 4) is 0 Å². The van der Waals surface area contributed by atoms with E-state index in [0.717, 1.165) is 31.2 Å². The van der Waals surface area contributed by atoms with Crippen LogP contribution in [0, 0.1) is 0 Å². The van der Waals surface area contributed by atoms with Crippen molar-refractivity contribution in [1.82, 2.24) is 4.72 Å². The predicted octanol–water partition coefficient (Wildman–Crippen LogP) is 2.20. The third kappa shape index (κ3) is 3.67. The molecule has 3 rings (SSSR count). The van der Waals surface area contributed by atoms with E-state index in [1.165, 1.54) is 0 Å². The van der Waals surface area contributed by atoms with Gasteiger partial charge in [-0.05, 0) is 24.8 Å². The van der Waals surface area contributed by atoms with Crippen LogP contribution in [0.15, 0.2) is 30.3 Å². The monoisotopic (exact) mass is 327 g/mol. The van der Waals surface area contributed by atoms with Crippen molar-refractivity contribution in [2.24, 2.45) is 0 Å². The van der Waals surface area contributed by atoms with Gasteiger partial charge in [0.05, 0.1) is 6.10 Å². The fraction of sp³-hybridized carbons (Fsp3) is 0.600. The Labute approximate surface area is 130 Å². The standard InChI is InChI=1S/C15H21NO5S/c17-22(18,19)16-11-8-13-14(12-6-2-1-3-7-12)21-15(20-13)9-4-5-10-15/h1-3,6-7,13-14,16H,4-5,8-11H2,(H,17,18,19)/t13-,14-/m1/s1. The Morgan fingerprint density at radius 3 is 2.50 bits per heavy atom. The van der Waals surface area contributed by atoms with Gasteiger partial charge >= 0.3 is 10.3 Å². The molecule has 1 heterocycles. The summed E-state index contributed by atoms with van der Waals surface area (Å²) in [4.78, 5) is 0. The minimum absolute atomic E-state index is 0.117. The molecule has 122 valence electrons. The summed E-state index contributed by atoms with van der Waals surface area (Å²) in [6, 6.07) is 9.83. The summed E-state index contributed by atoms with van der Waals surface area (Å²) in [6.45, 7) is 0.117. The maximum Gasteiger partial charge on any atom is 0.333 e. The van der Waals surface area contributed by atoms with Gasteiger partial charge in [0.15, 0.2) is 5.79 Å². The molecule has 0 amide bonds. The highest BCUT2D eigenvalue weighted by Gasteiger charge is 2.49. The van der Waals surface area contributed by atoms with Gasteiger partial charge in [-0.1, -0.05) is 30.3 Å². The average molecular weight is 327 g/mol. The third-order valence-corrected chi connectivity index (χ3v) is 4.82. The van der Waals surface area contributed by atoms with Gasteiger partial charge in [-0.2, -0.15) is 13.1 Å². The number of ether oxygens (including phenoxy) is 2. The Morgan fingerprint density at radius 1 is 1.18 bits per heavy atom. The van der Waals surface area contributed by atoms with Crippen LogP contribution in [-0.4, -0.2) is 31.4 Å². The molecular weight excluding hydrogens is 306 g/mol. The van der Waals surface area contributed by atoms with E-state index in [-0.39, 0.29) is 18.8 Å². The number of hydrogen-bond donors (Lipinski definition) is 2. The summed E-state index contributed by atoms with van der Waals surface area (Å²) in [5.41, 5.74) is 1.03. The van der Waals surface area contributed by atoms with Crippen LogP contribution in [0.1, 0.15) is 43.8 Å². The summed E-state index contributed by atoms with van der Waals surface area (Å²) in [5.74, 6) is -0.525. The van der Waals surface area contributed by atoms with Crippen LogP contribution in [0.4, 0.5) is 0 Å². The smallest absolute Gasteiger partial charge is 0.333 e. The zero-order valence-electron chi connectivity index (χ0n) is 12.3. The minimum atomic E-state index is -4.17. The van der Waals surface area contributed by atoms with Crippen molar-refractivity contribution in [2.75, 3.05) is 6.54 Å². The van der Waals surface area contributed by atoms with Crippen molar-refractivity contribution in [1.29, 1.82) is 0 Å². The largest absolute Gasteiger partial charge is 0.344 e. The lowest BCUT2D eigenvalue weighted by Crippen LogP contribution is -2.29. The van der Waals surface area contributed by atoms with Crippen LogP contribution in [0.2, 0.25) is 0 Å². The first-order valence-corrected chi connectivity index (χ1v) is 9.04. The van der Waals surface area contributed by atoms with Gasteiger partial charge < -0.3 is 9.47 Å². The molecule has 22 heavy (non-hydrogen) atoms. The van der Waals surface area contributed by atoms with Gasteiger partial charge in [0.2, 0.25) is 0 Å². The second kappa shape index (κ2) is 6.25. The molecule has 1 aliphatic heterocycles. The van der Waals surface area contributed by atoms with Gasteiger partial charge in [-0.15, -0.1) is 0 Å². The van der Waals surface area contributed by atoms with Crippen LogP contribution in [0.25, 0.3) is 0 Å². The Bertz CT molecular complexity index is 598. The highest BCUT2D eigenvalue weighted by Crippen LogP contribution is 2.47. The van der Waals surface area contributed by atoms with E-state index in [4.69, 9.17) is 14.0 Å². The molecule has 2 atom stereocenters. The topological polar surface area (TPSA) is 84.9 Å². The van der Waals surface area contributed by atoms with E-state index in [0.29, 0.717) is 6.42 Å². The predicted molar refractivity (Wildman–Crippen MR) is 80.5 cm³/mol. The Balaban J connectivity index is 1.72.